The van der Waals surface area contributed by atoms with Crippen LogP contribution in [0.1, 0.15) is 27.2 Å². The van der Waals surface area contributed by atoms with Gasteiger partial charge in [-0.25, -0.2) is 4.79 Å². The van der Waals surface area contributed by atoms with Crippen LogP contribution < -0.4 is 0 Å². The molecule has 0 spiro atoms. The summed E-state index contributed by atoms with van der Waals surface area (Å²) in [6, 6.07) is 8.84. The maximum atomic E-state index is 12.8. The SMILES string of the molecule is O=C(O)c1ccnc(Cc2ccc3ncc(C(F)(F)F)cc3c2)c1. The molecule has 24 heavy (non-hydrogen) atoms. The minimum atomic E-state index is -4.45. The summed E-state index contributed by atoms with van der Waals surface area (Å²) in [5.74, 6) is -1.06. The molecule has 0 aliphatic heterocycles. The van der Waals surface area contributed by atoms with Gasteiger partial charge in [0.1, 0.15) is 0 Å². The first-order valence-corrected chi connectivity index (χ1v) is 6.97. The van der Waals surface area contributed by atoms with Crippen molar-refractivity contribution in [2.45, 2.75) is 12.6 Å². The molecule has 0 aliphatic rings. The van der Waals surface area contributed by atoms with E-state index in [2.05, 4.69) is 9.97 Å². The molecule has 7 heteroatoms. The van der Waals surface area contributed by atoms with Gasteiger partial charge in [0.15, 0.2) is 0 Å². The lowest BCUT2D eigenvalue weighted by atomic mass is 10.0. The molecule has 4 nitrogen and oxygen atoms in total. The summed E-state index contributed by atoms with van der Waals surface area (Å²) in [6.45, 7) is 0. The molecule has 0 saturated carbocycles. The summed E-state index contributed by atoms with van der Waals surface area (Å²) in [6.07, 6.45) is -1.94. The van der Waals surface area contributed by atoms with E-state index >= 15 is 0 Å². The third-order valence-electron chi connectivity index (χ3n) is 3.52. The minimum absolute atomic E-state index is 0.113. The second-order valence-electron chi connectivity index (χ2n) is 5.27. The van der Waals surface area contributed by atoms with Crippen LogP contribution in [-0.4, -0.2) is 21.0 Å². The van der Waals surface area contributed by atoms with Gasteiger partial charge in [0.2, 0.25) is 0 Å². The Kier molecular flexibility index (Phi) is 3.92. The molecule has 0 amide bonds. The highest BCUT2D eigenvalue weighted by atomic mass is 19.4. The number of carbonyl (C=O) groups is 1. The second-order valence-corrected chi connectivity index (χ2v) is 5.27. The zero-order chi connectivity index (χ0) is 17.3. The van der Waals surface area contributed by atoms with Crippen molar-refractivity contribution < 1.29 is 23.1 Å². The predicted octanol–water partition coefficient (Wildman–Crippen LogP) is 3.94. The number of carboxylic acids is 1. The molecule has 0 unspecified atom stereocenters. The number of carboxylic acid groups (broad SMARTS) is 1. The number of pyridine rings is 2. The lowest BCUT2D eigenvalue weighted by Crippen LogP contribution is -2.05. The molecule has 2 aromatic heterocycles. The van der Waals surface area contributed by atoms with Crippen LogP contribution in [0.2, 0.25) is 0 Å². The fourth-order valence-corrected chi connectivity index (χ4v) is 2.36. The number of hydrogen-bond acceptors (Lipinski definition) is 3. The lowest BCUT2D eigenvalue weighted by Gasteiger charge is -2.08. The van der Waals surface area contributed by atoms with Crippen molar-refractivity contribution in [2.24, 2.45) is 0 Å². The number of fused-ring (bicyclic) bond motifs is 1. The Bertz CT molecular complexity index is 923. The molecule has 122 valence electrons. The van der Waals surface area contributed by atoms with E-state index in [1.54, 1.807) is 18.2 Å². The number of aromatic carboxylic acids is 1. The highest BCUT2D eigenvalue weighted by molar-refractivity contribution is 5.87. The van der Waals surface area contributed by atoms with E-state index in [-0.39, 0.29) is 5.56 Å². The van der Waals surface area contributed by atoms with E-state index in [1.807, 2.05) is 0 Å². The van der Waals surface area contributed by atoms with Gasteiger partial charge in [0.05, 0.1) is 16.6 Å². The molecule has 3 rings (SSSR count). The quantitative estimate of drug-likeness (QED) is 0.789. The van der Waals surface area contributed by atoms with Gasteiger partial charge in [-0.15, -0.1) is 0 Å². The van der Waals surface area contributed by atoms with Crippen LogP contribution in [0.25, 0.3) is 10.9 Å². The molecule has 1 aromatic carbocycles. The zero-order valence-electron chi connectivity index (χ0n) is 12.2. The predicted molar refractivity (Wildman–Crippen MR) is 80.7 cm³/mol. The molecule has 1 N–H and O–H groups in total. The van der Waals surface area contributed by atoms with E-state index < -0.39 is 17.7 Å². The monoisotopic (exact) mass is 332 g/mol. The number of benzene rings is 1. The van der Waals surface area contributed by atoms with Crippen molar-refractivity contribution in [1.29, 1.82) is 0 Å². The molecule has 0 radical (unpaired) electrons. The third kappa shape index (κ3) is 3.34. The van der Waals surface area contributed by atoms with E-state index in [4.69, 9.17) is 5.11 Å². The van der Waals surface area contributed by atoms with Gasteiger partial charge in [-0.3, -0.25) is 9.97 Å². The fourth-order valence-electron chi connectivity index (χ4n) is 2.36. The summed E-state index contributed by atoms with van der Waals surface area (Å²) >= 11 is 0. The molecule has 0 aliphatic carbocycles. The molecule has 0 fully saturated rings. The molecule has 0 bridgehead atoms. The van der Waals surface area contributed by atoms with E-state index in [1.165, 1.54) is 18.3 Å². The summed E-state index contributed by atoms with van der Waals surface area (Å²) in [5, 5.41) is 9.35. The van der Waals surface area contributed by atoms with Crippen molar-refractivity contribution in [2.75, 3.05) is 0 Å². The number of nitrogens with zero attached hydrogens (tertiary/aromatic N) is 2. The molecular formula is C17H11F3N2O2. The first-order valence-electron chi connectivity index (χ1n) is 6.97. The molecular weight excluding hydrogens is 321 g/mol. The summed E-state index contributed by atoms with van der Waals surface area (Å²) < 4.78 is 38.3. The van der Waals surface area contributed by atoms with Gasteiger partial charge in [-0.2, -0.15) is 13.2 Å². The maximum Gasteiger partial charge on any atom is 0.417 e. The van der Waals surface area contributed by atoms with Gasteiger partial charge in [-0.05, 0) is 35.9 Å². The van der Waals surface area contributed by atoms with Gasteiger partial charge in [0, 0.05) is 29.9 Å². The van der Waals surface area contributed by atoms with Gasteiger partial charge < -0.3 is 5.11 Å². The van der Waals surface area contributed by atoms with E-state index in [9.17, 15) is 18.0 Å². The molecule has 2 heterocycles. The zero-order valence-corrected chi connectivity index (χ0v) is 12.2. The van der Waals surface area contributed by atoms with Gasteiger partial charge in [-0.1, -0.05) is 6.07 Å². The van der Waals surface area contributed by atoms with Crippen LogP contribution in [0.15, 0.2) is 48.8 Å². The van der Waals surface area contributed by atoms with Gasteiger partial charge in [0.25, 0.3) is 0 Å². The average Bonchev–Trinajstić information content (AvgIpc) is 2.53. The topological polar surface area (TPSA) is 63.1 Å². The molecule has 0 atom stereocenters. The lowest BCUT2D eigenvalue weighted by molar-refractivity contribution is -0.137. The maximum absolute atomic E-state index is 12.8. The Morgan fingerprint density at radius 1 is 1.08 bits per heavy atom. The first-order chi connectivity index (χ1) is 11.3. The Morgan fingerprint density at radius 2 is 1.88 bits per heavy atom. The van der Waals surface area contributed by atoms with Crippen LogP contribution in [-0.2, 0) is 12.6 Å². The van der Waals surface area contributed by atoms with E-state index in [0.29, 0.717) is 23.0 Å². The normalized spacial score (nSPS) is 11.6. The van der Waals surface area contributed by atoms with Gasteiger partial charge >= 0.3 is 12.1 Å². The fraction of sp³-hybridized carbons (Fsp3) is 0.118. The highest BCUT2D eigenvalue weighted by Gasteiger charge is 2.31. The van der Waals surface area contributed by atoms with Crippen molar-refractivity contribution in [3.63, 3.8) is 0 Å². The Hall–Kier alpha value is -2.96. The van der Waals surface area contributed by atoms with Crippen molar-refractivity contribution in [1.82, 2.24) is 9.97 Å². The molecule has 0 saturated heterocycles. The van der Waals surface area contributed by atoms with Crippen molar-refractivity contribution >= 4 is 16.9 Å². The number of hydrogen-bond donors (Lipinski definition) is 1. The summed E-state index contributed by atoms with van der Waals surface area (Å²) in [5.41, 5.74) is 1.01. The molecule has 3 aromatic rings. The van der Waals surface area contributed by atoms with Crippen LogP contribution in [0.3, 0.4) is 0 Å². The van der Waals surface area contributed by atoms with Crippen LogP contribution >= 0.6 is 0 Å². The smallest absolute Gasteiger partial charge is 0.417 e. The van der Waals surface area contributed by atoms with Crippen molar-refractivity contribution in [3.8, 4) is 0 Å². The Labute approximate surface area is 134 Å². The third-order valence-corrected chi connectivity index (χ3v) is 3.52. The summed E-state index contributed by atoms with van der Waals surface area (Å²) in [7, 11) is 0. The Balaban J connectivity index is 1.95. The second kappa shape index (κ2) is 5.92. The largest absolute Gasteiger partial charge is 0.478 e. The minimum Gasteiger partial charge on any atom is -0.478 e. The highest BCUT2D eigenvalue weighted by Crippen LogP contribution is 2.30. The van der Waals surface area contributed by atoms with Crippen LogP contribution in [0.4, 0.5) is 13.2 Å². The summed E-state index contributed by atoms with van der Waals surface area (Å²) in [4.78, 5) is 18.9. The van der Waals surface area contributed by atoms with Crippen molar-refractivity contribution in [3.05, 3.63) is 71.2 Å². The first kappa shape index (κ1) is 15.9. The number of aromatic nitrogens is 2. The number of rotatable bonds is 3. The van der Waals surface area contributed by atoms with Crippen LogP contribution in [0.5, 0.6) is 0 Å². The van der Waals surface area contributed by atoms with Crippen LogP contribution in [0, 0.1) is 0 Å². The standard InChI is InChI=1S/C17H11F3N2O2/c18-17(19,20)13-7-12-5-10(1-2-15(12)22-9-13)6-14-8-11(16(23)24)3-4-21-14/h1-5,7-9H,6H2,(H,23,24). The number of halogens is 3. The number of alkyl halides is 3. The van der Waals surface area contributed by atoms with E-state index in [0.717, 1.165) is 17.8 Å². The Morgan fingerprint density at radius 3 is 2.58 bits per heavy atom. The average molecular weight is 332 g/mol.